The molecule has 3 aliphatic rings. The molecule has 1 saturated carbocycles. The van der Waals surface area contributed by atoms with E-state index < -0.39 is 10.0 Å². The van der Waals surface area contributed by atoms with Crippen LogP contribution < -0.4 is 9.62 Å². The largest absolute Gasteiger partial charge is 0.312 e. The second-order valence-electron chi connectivity index (χ2n) is 8.65. The number of carbonyl (C=O) groups excluding carboxylic acids is 1. The van der Waals surface area contributed by atoms with Gasteiger partial charge in [0.1, 0.15) is 0 Å². The van der Waals surface area contributed by atoms with Gasteiger partial charge in [-0.2, -0.15) is 0 Å². The lowest BCUT2D eigenvalue weighted by Crippen LogP contribution is -2.43. The molecule has 1 N–H and O–H groups in total. The minimum atomic E-state index is -3.53. The molecule has 0 bridgehead atoms. The molecule has 0 aromatic heterocycles. The molecule has 7 heteroatoms. The van der Waals surface area contributed by atoms with Gasteiger partial charge in [0, 0.05) is 37.3 Å². The highest BCUT2D eigenvalue weighted by Crippen LogP contribution is 2.35. The molecule has 0 spiro atoms. The Kier molecular flexibility index (Phi) is 6.27. The van der Waals surface area contributed by atoms with Crippen molar-refractivity contribution in [1.29, 1.82) is 0 Å². The summed E-state index contributed by atoms with van der Waals surface area (Å²) in [5.41, 5.74) is 1.85. The number of carbonyl (C=O) groups is 1. The molecule has 1 aliphatic carbocycles. The average molecular weight is 420 g/mol. The molecule has 1 amide bonds. The van der Waals surface area contributed by atoms with Crippen molar-refractivity contribution < 1.29 is 13.2 Å². The van der Waals surface area contributed by atoms with Crippen LogP contribution in [0, 0.1) is 5.92 Å². The first-order valence-electron chi connectivity index (χ1n) is 11.2. The van der Waals surface area contributed by atoms with Gasteiger partial charge in [-0.1, -0.05) is 19.8 Å². The number of anilines is 1. The normalized spacial score (nSPS) is 23.1. The summed E-state index contributed by atoms with van der Waals surface area (Å²) in [4.78, 5) is 17.2. The van der Waals surface area contributed by atoms with Gasteiger partial charge in [0.15, 0.2) is 0 Å². The fourth-order valence-electron chi connectivity index (χ4n) is 4.87. The summed E-state index contributed by atoms with van der Waals surface area (Å²) in [5, 5.41) is 0. The summed E-state index contributed by atoms with van der Waals surface area (Å²) in [6.07, 6.45) is 8.63. The number of likely N-dealkylation sites (tertiary alicyclic amines) is 1. The molecule has 0 radical (unpaired) electrons. The second kappa shape index (κ2) is 8.74. The van der Waals surface area contributed by atoms with Gasteiger partial charge in [-0.15, -0.1) is 0 Å². The van der Waals surface area contributed by atoms with Crippen LogP contribution in [0.3, 0.4) is 0 Å². The number of piperidine rings is 1. The number of nitrogens with one attached hydrogen (secondary N) is 1. The summed E-state index contributed by atoms with van der Waals surface area (Å²) < 4.78 is 28.4. The zero-order valence-electron chi connectivity index (χ0n) is 17.4. The van der Waals surface area contributed by atoms with Gasteiger partial charge in [-0.05, 0) is 68.8 Å². The monoisotopic (exact) mass is 419 g/mol. The summed E-state index contributed by atoms with van der Waals surface area (Å²) in [6, 6.07) is 5.78. The number of benzene rings is 1. The lowest BCUT2D eigenvalue weighted by Gasteiger charge is -2.35. The Morgan fingerprint density at radius 1 is 1.14 bits per heavy atom. The third kappa shape index (κ3) is 4.37. The molecule has 1 atom stereocenters. The van der Waals surface area contributed by atoms with E-state index in [2.05, 4.69) is 16.5 Å². The molecule has 2 heterocycles. The molecule has 1 aromatic rings. The molecule has 0 unspecified atom stereocenters. The standard InChI is InChI=1S/C22H33N3O3S/c1-2-19-8-3-4-13-24(19)15-12-23-29(27,28)20-9-10-21-18(16-20)11-14-25(21)22(26)17-6-5-7-17/h9-10,16-17,19,23H,2-8,11-15H2,1H3/t19-/m1/s1. The Hall–Kier alpha value is -1.44. The van der Waals surface area contributed by atoms with Gasteiger partial charge >= 0.3 is 0 Å². The van der Waals surface area contributed by atoms with Crippen LogP contribution >= 0.6 is 0 Å². The fourth-order valence-corrected chi connectivity index (χ4v) is 5.94. The molecule has 2 fully saturated rings. The van der Waals surface area contributed by atoms with E-state index >= 15 is 0 Å². The van der Waals surface area contributed by atoms with Crippen molar-refractivity contribution in [3.05, 3.63) is 23.8 Å². The van der Waals surface area contributed by atoms with Crippen LogP contribution in [0.5, 0.6) is 0 Å². The number of rotatable bonds is 7. The van der Waals surface area contributed by atoms with E-state index in [0.717, 1.165) is 56.4 Å². The Bertz CT molecular complexity index is 851. The molecule has 2 aliphatic heterocycles. The Morgan fingerprint density at radius 3 is 2.69 bits per heavy atom. The second-order valence-corrected chi connectivity index (χ2v) is 10.4. The van der Waals surface area contributed by atoms with Crippen molar-refractivity contribution in [3.8, 4) is 0 Å². The van der Waals surface area contributed by atoms with Crippen molar-refractivity contribution in [2.45, 2.75) is 69.2 Å². The first-order valence-corrected chi connectivity index (χ1v) is 12.7. The summed E-state index contributed by atoms with van der Waals surface area (Å²) >= 11 is 0. The lowest BCUT2D eigenvalue weighted by atomic mass is 9.84. The van der Waals surface area contributed by atoms with Gasteiger partial charge in [0.2, 0.25) is 15.9 Å². The molecule has 6 nitrogen and oxygen atoms in total. The van der Waals surface area contributed by atoms with Gasteiger partial charge in [0.05, 0.1) is 4.90 Å². The summed E-state index contributed by atoms with van der Waals surface area (Å²) in [6.45, 7) is 5.12. The smallest absolute Gasteiger partial charge is 0.240 e. The SMILES string of the molecule is CC[C@@H]1CCCCN1CCNS(=O)(=O)c1ccc2c(c1)CCN2C(=O)C1CCC1. The molecule has 160 valence electrons. The predicted molar refractivity (Wildman–Crippen MR) is 115 cm³/mol. The number of fused-ring (bicyclic) bond motifs is 1. The first kappa shape index (κ1) is 20.8. The number of sulfonamides is 1. The van der Waals surface area contributed by atoms with Crippen LogP contribution in [0.1, 0.15) is 57.4 Å². The molecule has 1 saturated heterocycles. The highest BCUT2D eigenvalue weighted by molar-refractivity contribution is 7.89. The fraction of sp³-hybridized carbons (Fsp3) is 0.682. The van der Waals surface area contributed by atoms with Crippen LogP contribution in [0.4, 0.5) is 5.69 Å². The molecular formula is C22H33N3O3S. The molecular weight excluding hydrogens is 386 g/mol. The first-order chi connectivity index (χ1) is 14.0. The van der Waals surface area contributed by atoms with E-state index in [1.807, 2.05) is 11.0 Å². The van der Waals surface area contributed by atoms with E-state index in [4.69, 9.17) is 0 Å². The minimum absolute atomic E-state index is 0.160. The Labute approximate surface area is 174 Å². The number of hydrogen-bond acceptors (Lipinski definition) is 4. The van der Waals surface area contributed by atoms with Gasteiger partial charge in [0.25, 0.3) is 0 Å². The number of nitrogens with zero attached hydrogens (tertiary/aromatic N) is 2. The van der Waals surface area contributed by atoms with Crippen LogP contribution in [0.15, 0.2) is 23.1 Å². The lowest BCUT2D eigenvalue weighted by molar-refractivity contribution is -0.124. The van der Waals surface area contributed by atoms with Gasteiger partial charge < -0.3 is 4.90 Å². The minimum Gasteiger partial charge on any atom is -0.312 e. The maximum atomic E-state index is 12.8. The van der Waals surface area contributed by atoms with Crippen molar-refractivity contribution in [1.82, 2.24) is 9.62 Å². The Morgan fingerprint density at radius 2 is 1.97 bits per heavy atom. The Balaban J connectivity index is 1.38. The molecule has 1 aromatic carbocycles. The van der Waals surface area contributed by atoms with Crippen molar-refractivity contribution in [3.63, 3.8) is 0 Å². The maximum Gasteiger partial charge on any atom is 0.240 e. The van der Waals surface area contributed by atoms with Crippen LogP contribution in [-0.2, 0) is 21.2 Å². The van der Waals surface area contributed by atoms with Crippen LogP contribution in [0.25, 0.3) is 0 Å². The average Bonchev–Trinajstić information content (AvgIpc) is 3.10. The quantitative estimate of drug-likeness (QED) is 0.738. The zero-order chi connectivity index (χ0) is 20.4. The van der Waals surface area contributed by atoms with Crippen molar-refractivity contribution in [2.75, 3.05) is 31.1 Å². The molecule has 4 rings (SSSR count). The topological polar surface area (TPSA) is 69.7 Å². The summed E-state index contributed by atoms with van der Waals surface area (Å²) in [5.74, 6) is 0.364. The van der Waals surface area contributed by atoms with E-state index in [1.165, 1.54) is 19.3 Å². The van der Waals surface area contributed by atoms with Crippen LogP contribution in [-0.4, -0.2) is 51.4 Å². The highest BCUT2D eigenvalue weighted by atomic mass is 32.2. The van der Waals surface area contributed by atoms with Gasteiger partial charge in [-0.25, -0.2) is 13.1 Å². The number of hydrogen-bond donors (Lipinski definition) is 1. The third-order valence-electron chi connectivity index (χ3n) is 6.89. The van der Waals surface area contributed by atoms with Gasteiger partial charge in [-0.3, -0.25) is 9.69 Å². The van der Waals surface area contributed by atoms with Crippen LogP contribution in [0.2, 0.25) is 0 Å². The van der Waals surface area contributed by atoms with Crippen molar-refractivity contribution in [2.24, 2.45) is 5.92 Å². The third-order valence-corrected chi connectivity index (χ3v) is 8.35. The maximum absolute atomic E-state index is 12.8. The molecule has 29 heavy (non-hydrogen) atoms. The summed E-state index contributed by atoms with van der Waals surface area (Å²) in [7, 11) is -3.53. The predicted octanol–water partition coefficient (Wildman–Crippen LogP) is 2.92. The zero-order valence-corrected chi connectivity index (χ0v) is 18.2. The van der Waals surface area contributed by atoms with E-state index in [9.17, 15) is 13.2 Å². The van der Waals surface area contributed by atoms with E-state index in [0.29, 0.717) is 24.0 Å². The van der Waals surface area contributed by atoms with E-state index in [-0.39, 0.29) is 11.8 Å². The van der Waals surface area contributed by atoms with Crippen molar-refractivity contribution >= 4 is 21.6 Å². The van der Waals surface area contributed by atoms with E-state index in [1.54, 1.807) is 12.1 Å². The number of amides is 1. The highest BCUT2D eigenvalue weighted by Gasteiger charge is 2.34.